The molecule has 4 heteroatoms. The van der Waals surface area contributed by atoms with E-state index in [1.807, 2.05) is 6.92 Å². The van der Waals surface area contributed by atoms with E-state index in [-0.39, 0.29) is 17.5 Å². The molecule has 1 fully saturated rings. The lowest BCUT2D eigenvalue weighted by atomic mass is 9.75. The van der Waals surface area contributed by atoms with Gasteiger partial charge < -0.3 is 16.0 Å². The Bertz CT molecular complexity index is 247. The molecule has 0 aliphatic heterocycles. The van der Waals surface area contributed by atoms with Crippen LogP contribution in [0.25, 0.3) is 0 Å². The molecule has 17 heavy (non-hydrogen) atoms. The second-order valence-electron chi connectivity index (χ2n) is 5.62. The molecule has 0 saturated heterocycles. The highest BCUT2D eigenvalue weighted by Crippen LogP contribution is 2.35. The summed E-state index contributed by atoms with van der Waals surface area (Å²) in [5.41, 5.74) is 5.87. The lowest BCUT2D eigenvalue weighted by Crippen LogP contribution is -2.57. The Kier molecular flexibility index (Phi) is 5.40. The second-order valence-corrected chi connectivity index (χ2v) is 5.62. The standard InChI is InChI=1S/C13H27N3O/c1-11(14)6-4-7-12(17)15-10-13(16(2)3)8-5-9-13/h11H,4-10,14H2,1-3H3,(H,15,17). The average molecular weight is 241 g/mol. The molecule has 0 radical (unpaired) electrons. The number of hydrogen-bond acceptors (Lipinski definition) is 3. The summed E-state index contributed by atoms with van der Waals surface area (Å²) < 4.78 is 0. The molecule has 0 bridgehead atoms. The van der Waals surface area contributed by atoms with Gasteiger partial charge in [-0.1, -0.05) is 0 Å². The average Bonchev–Trinajstić information content (AvgIpc) is 2.14. The van der Waals surface area contributed by atoms with Crippen LogP contribution in [0, 0.1) is 0 Å². The first-order valence-electron chi connectivity index (χ1n) is 6.66. The van der Waals surface area contributed by atoms with E-state index in [9.17, 15) is 4.79 Å². The van der Waals surface area contributed by atoms with Crippen LogP contribution in [-0.4, -0.2) is 43.0 Å². The Morgan fingerprint density at radius 1 is 1.47 bits per heavy atom. The number of rotatable bonds is 7. The van der Waals surface area contributed by atoms with Gasteiger partial charge in [-0.25, -0.2) is 0 Å². The Balaban J connectivity index is 2.19. The van der Waals surface area contributed by atoms with Crippen LogP contribution in [0.15, 0.2) is 0 Å². The number of carbonyl (C=O) groups excluding carboxylic acids is 1. The fourth-order valence-corrected chi connectivity index (χ4v) is 2.30. The van der Waals surface area contributed by atoms with Crippen LogP contribution in [0.2, 0.25) is 0 Å². The highest BCUT2D eigenvalue weighted by molar-refractivity contribution is 5.75. The van der Waals surface area contributed by atoms with Gasteiger partial charge in [-0.3, -0.25) is 4.79 Å². The van der Waals surface area contributed by atoms with Crippen molar-refractivity contribution in [2.24, 2.45) is 5.73 Å². The molecule has 1 rings (SSSR count). The lowest BCUT2D eigenvalue weighted by Gasteiger charge is -2.47. The van der Waals surface area contributed by atoms with Crippen molar-refractivity contribution >= 4 is 5.91 Å². The van der Waals surface area contributed by atoms with Crippen molar-refractivity contribution in [3.63, 3.8) is 0 Å². The van der Waals surface area contributed by atoms with E-state index in [1.54, 1.807) is 0 Å². The van der Waals surface area contributed by atoms with Crippen LogP contribution in [-0.2, 0) is 4.79 Å². The third-order valence-corrected chi connectivity index (χ3v) is 3.91. The van der Waals surface area contributed by atoms with Gasteiger partial charge >= 0.3 is 0 Å². The molecule has 0 spiro atoms. The largest absolute Gasteiger partial charge is 0.354 e. The fourth-order valence-electron chi connectivity index (χ4n) is 2.30. The van der Waals surface area contributed by atoms with Gasteiger partial charge in [0.1, 0.15) is 0 Å². The van der Waals surface area contributed by atoms with Crippen molar-refractivity contribution in [1.82, 2.24) is 10.2 Å². The summed E-state index contributed by atoms with van der Waals surface area (Å²) in [6.07, 6.45) is 6.08. The highest BCUT2D eigenvalue weighted by Gasteiger charge is 2.38. The predicted octanol–water partition coefficient (Wildman–Crippen LogP) is 1.10. The van der Waals surface area contributed by atoms with E-state index < -0.39 is 0 Å². The molecule has 100 valence electrons. The molecule has 3 N–H and O–H groups in total. The molecule has 1 amide bonds. The van der Waals surface area contributed by atoms with Crippen molar-refractivity contribution in [3.05, 3.63) is 0 Å². The van der Waals surface area contributed by atoms with Gasteiger partial charge in [0.05, 0.1) is 0 Å². The number of nitrogens with one attached hydrogen (secondary N) is 1. The van der Waals surface area contributed by atoms with Gasteiger partial charge in [-0.05, 0) is 53.1 Å². The van der Waals surface area contributed by atoms with Crippen molar-refractivity contribution in [1.29, 1.82) is 0 Å². The van der Waals surface area contributed by atoms with Crippen molar-refractivity contribution in [2.75, 3.05) is 20.6 Å². The Hall–Kier alpha value is -0.610. The third-order valence-electron chi connectivity index (χ3n) is 3.91. The number of carbonyl (C=O) groups is 1. The Labute approximate surface area is 105 Å². The van der Waals surface area contributed by atoms with Gasteiger partial charge in [0, 0.05) is 24.5 Å². The van der Waals surface area contributed by atoms with E-state index in [0.717, 1.165) is 19.4 Å². The minimum atomic E-state index is 0.166. The smallest absolute Gasteiger partial charge is 0.220 e. The molecule has 0 aromatic carbocycles. The second kappa shape index (κ2) is 6.36. The molecule has 0 heterocycles. The first kappa shape index (κ1) is 14.5. The molecular weight excluding hydrogens is 214 g/mol. The van der Waals surface area contributed by atoms with Crippen LogP contribution < -0.4 is 11.1 Å². The molecule has 0 aromatic heterocycles. The maximum atomic E-state index is 11.7. The molecular formula is C13H27N3O. The molecule has 0 aromatic rings. The van der Waals surface area contributed by atoms with Crippen LogP contribution in [0.5, 0.6) is 0 Å². The number of likely N-dealkylation sites (N-methyl/N-ethyl adjacent to an activating group) is 1. The van der Waals surface area contributed by atoms with Crippen LogP contribution in [0.1, 0.15) is 45.4 Å². The van der Waals surface area contributed by atoms with Gasteiger partial charge in [0.25, 0.3) is 0 Å². The quantitative estimate of drug-likeness (QED) is 0.702. The van der Waals surface area contributed by atoms with E-state index in [2.05, 4.69) is 24.3 Å². The van der Waals surface area contributed by atoms with E-state index in [4.69, 9.17) is 5.73 Å². The summed E-state index contributed by atoms with van der Waals surface area (Å²) in [5, 5.41) is 3.06. The zero-order valence-corrected chi connectivity index (χ0v) is 11.5. The number of nitrogens with zero attached hydrogens (tertiary/aromatic N) is 1. The van der Waals surface area contributed by atoms with E-state index >= 15 is 0 Å². The summed E-state index contributed by atoms with van der Waals surface area (Å²) in [7, 11) is 4.20. The normalized spacial score (nSPS) is 19.8. The summed E-state index contributed by atoms with van der Waals surface area (Å²) >= 11 is 0. The van der Waals surface area contributed by atoms with E-state index in [1.165, 1.54) is 19.3 Å². The van der Waals surface area contributed by atoms with Gasteiger partial charge in [0.15, 0.2) is 0 Å². The maximum Gasteiger partial charge on any atom is 0.220 e. The lowest BCUT2D eigenvalue weighted by molar-refractivity contribution is -0.122. The first-order valence-corrected chi connectivity index (χ1v) is 6.66. The third kappa shape index (κ3) is 4.28. The maximum absolute atomic E-state index is 11.7. The summed E-state index contributed by atoms with van der Waals surface area (Å²) in [6.45, 7) is 2.77. The summed E-state index contributed by atoms with van der Waals surface area (Å²) in [6, 6.07) is 0.197. The van der Waals surface area contributed by atoms with Gasteiger partial charge in [-0.2, -0.15) is 0 Å². The molecule has 1 saturated carbocycles. The Morgan fingerprint density at radius 3 is 2.53 bits per heavy atom. The number of nitrogens with two attached hydrogens (primary N) is 1. The topological polar surface area (TPSA) is 58.4 Å². The molecule has 1 aliphatic carbocycles. The number of hydrogen-bond donors (Lipinski definition) is 2. The molecule has 4 nitrogen and oxygen atoms in total. The van der Waals surface area contributed by atoms with E-state index in [0.29, 0.717) is 6.42 Å². The van der Waals surface area contributed by atoms with Gasteiger partial charge in [0.2, 0.25) is 5.91 Å². The first-order chi connectivity index (χ1) is 7.96. The zero-order chi connectivity index (χ0) is 12.9. The molecule has 1 aliphatic rings. The van der Waals surface area contributed by atoms with Crippen LogP contribution in [0.4, 0.5) is 0 Å². The van der Waals surface area contributed by atoms with Crippen LogP contribution in [0.3, 0.4) is 0 Å². The molecule has 1 unspecified atom stereocenters. The summed E-state index contributed by atoms with van der Waals surface area (Å²) in [4.78, 5) is 13.9. The fraction of sp³-hybridized carbons (Fsp3) is 0.923. The molecule has 1 atom stereocenters. The van der Waals surface area contributed by atoms with Crippen LogP contribution >= 0.6 is 0 Å². The van der Waals surface area contributed by atoms with Gasteiger partial charge in [-0.15, -0.1) is 0 Å². The SMILES string of the molecule is CC(N)CCCC(=O)NCC1(N(C)C)CCC1. The van der Waals surface area contributed by atoms with Crippen molar-refractivity contribution in [3.8, 4) is 0 Å². The highest BCUT2D eigenvalue weighted by atomic mass is 16.1. The Morgan fingerprint density at radius 2 is 2.12 bits per heavy atom. The minimum Gasteiger partial charge on any atom is -0.354 e. The monoisotopic (exact) mass is 241 g/mol. The van der Waals surface area contributed by atoms with Crippen molar-refractivity contribution < 1.29 is 4.79 Å². The minimum absolute atomic E-state index is 0.166. The van der Waals surface area contributed by atoms with Crippen molar-refractivity contribution in [2.45, 2.75) is 57.0 Å². The zero-order valence-electron chi connectivity index (χ0n) is 11.5. The predicted molar refractivity (Wildman–Crippen MR) is 70.8 cm³/mol. The number of amides is 1. The summed E-state index contributed by atoms with van der Waals surface area (Å²) in [5.74, 6) is 0.166.